The molecule has 1 heterocycles. The van der Waals surface area contributed by atoms with Gasteiger partial charge in [0, 0.05) is 33.2 Å². The Bertz CT molecular complexity index is 296. The molecule has 96 valence electrons. The van der Waals surface area contributed by atoms with Crippen molar-refractivity contribution >= 4 is 5.91 Å². The van der Waals surface area contributed by atoms with Gasteiger partial charge in [0.2, 0.25) is 5.91 Å². The number of likely N-dealkylation sites (N-methyl/N-ethyl adjacent to an activating group) is 1. The van der Waals surface area contributed by atoms with E-state index in [9.17, 15) is 4.79 Å². The molecule has 1 saturated heterocycles. The van der Waals surface area contributed by atoms with Crippen LogP contribution in [0.2, 0.25) is 0 Å². The molecule has 0 spiro atoms. The lowest BCUT2D eigenvalue weighted by atomic mass is 10.1. The highest BCUT2D eigenvalue weighted by Gasteiger charge is 2.20. The monoisotopic (exact) mass is 237 g/mol. The van der Waals surface area contributed by atoms with Crippen molar-refractivity contribution in [2.75, 3.05) is 40.3 Å². The van der Waals surface area contributed by atoms with Crippen LogP contribution in [0.3, 0.4) is 0 Å². The Balaban J connectivity index is 2.20. The summed E-state index contributed by atoms with van der Waals surface area (Å²) in [6.07, 6.45) is 2.21. The Hall–Kier alpha value is -1.05. The molecule has 0 unspecified atom stereocenters. The van der Waals surface area contributed by atoms with Crippen molar-refractivity contribution in [2.45, 2.75) is 25.8 Å². The van der Waals surface area contributed by atoms with Gasteiger partial charge in [0.1, 0.15) is 0 Å². The molecule has 1 aliphatic rings. The Morgan fingerprint density at radius 2 is 2.06 bits per heavy atom. The van der Waals surface area contributed by atoms with Gasteiger partial charge in [-0.25, -0.2) is 0 Å². The number of nitrogens with zero attached hydrogens (tertiary/aromatic N) is 2. The van der Waals surface area contributed by atoms with E-state index in [4.69, 9.17) is 0 Å². The third-order valence-electron chi connectivity index (χ3n) is 3.10. The molecule has 4 nitrogen and oxygen atoms in total. The second-order valence-corrected chi connectivity index (χ2v) is 4.65. The van der Waals surface area contributed by atoms with Crippen LogP contribution in [0.4, 0.5) is 0 Å². The molecular weight excluding hydrogens is 214 g/mol. The second kappa shape index (κ2) is 7.31. The van der Waals surface area contributed by atoms with Gasteiger partial charge in [-0.3, -0.25) is 9.69 Å². The predicted molar refractivity (Wildman–Crippen MR) is 69.6 cm³/mol. The zero-order chi connectivity index (χ0) is 12.7. The first-order valence-corrected chi connectivity index (χ1v) is 6.19. The van der Waals surface area contributed by atoms with Gasteiger partial charge >= 0.3 is 0 Å². The maximum Gasteiger partial charge on any atom is 0.236 e. The standard InChI is InChI=1S/C13H23N3O/c1-4-5-8-14-12-6-9-16(10-7-12)11-13(17)15(2)3/h12,14H,6-11H2,1-3H3. The summed E-state index contributed by atoms with van der Waals surface area (Å²) in [5.74, 6) is 6.09. The molecule has 0 atom stereocenters. The SMILES string of the molecule is CC#CCNC1CCN(CC(=O)N(C)C)CC1. The van der Waals surface area contributed by atoms with Crippen molar-refractivity contribution in [1.82, 2.24) is 15.1 Å². The Morgan fingerprint density at radius 1 is 1.41 bits per heavy atom. The second-order valence-electron chi connectivity index (χ2n) is 4.65. The lowest BCUT2D eigenvalue weighted by Crippen LogP contribution is -2.45. The lowest BCUT2D eigenvalue weighted by molar-refractivity contribution is -0.130. The van der Waals surface area contributed by atoms with E-state index in [0.717, 1.165) is 32.5 Å². The zero-order valence-corrected chi connectivity index (χ0v) is 11.1. The Kier molecular flexibility index (Phi) is 6.03. The van der Waals surface area contributed by atoms with E-state index in [1.807, 2.05) is 6.92 Å². The van der Waals surface area contributed by atoms with Crippen molar-refractivity contribution in [3.8, 4) is 11.8 Å². The Morgan fingerprint density at radius 3 is 2.59 bits per heavy atom. The summed E-state index contributed by atoms with van der Waals surface area (Å²) in [4.78, 5) is 15.4. The number of hydrogen-bond donors (Lipinski definition) is 1. The van der Waals surface area contributed by atoms with Gasteiger partial charge in [-0.15, -0.1) is 5.92 Å². The smallest absolute Gasteiger partial charge is 0.236 e. The fraction of sp³-hybridized carbons (Fsp3) is 0.769. The molecule has 1 rings (SSSR count). The van der Waals surface area contributed by atoms with Crippen LogP contribution < -0.4 is 5.32 Å². The average molecular weight is 237 g/mol. The topological polar surface area (TPSA) is 35.6 Å². The van der Waals surface area contributed by atoms with Crippen molar-refractivity contribution in [2.24, 2.45) is 0 Å². The summed E-state index contributed by atoms with van der Waals surface area (Å²) in [5.41, 5.74) is 0. The summed E-state index contributed by atoms with van der Waals surface area (Å²) >= 11 is 0. The normalized spacial score (nSPS) is 17.4. The maximum atomic E-state index is 11.6. The Labute approximate surface area is 104 Å². The van der Waals surface area contributed by atoms with Gasteiger partial charge in [0.25, 0.3) is 0 Å². The molecule has 4 heteroatoms. The van der Waals surface area contributed by atoms with Gasteiger partial charge in [-0.2, -0.15) is 0 Å². The third-order valence-corrected chi connectivity index (χ3v) is 3.10. The minimum absolute atomic E-state index is 0.188. The maximum absolute atomic E-state index is 11.6. The van der Waals surface area contributed by atoms with Gasteiger partial charge in [-0.1, -0.05) is 5.92 Å². The van der Waals surface area contributed by atoms with Crippen LogP contribution in [0, 0.1) is 11.8 Å². The summed E-state index contributed by atoms with van der Waals surface area (Å²) < 4.78 is 0. The number of hydrogen-bond acceptors (Lipinski definition) is 3. The summed E-state index contributed by atoms with van der Waals surface area (Å²) in [6.45, 7) is 5.18. The minimum atomic E-state index is 0.188. The fourth-order valence-electron chi connectivity index (χ4n) is 1.91. The van der Waals surface area contributed by atoms with Gasteiger partial charge in [0.05, 0.1) is 13.1 Å². The van der Waals surface area contributed by atoms with Crippen molar-refractivity contribution in [3.05, 3.63) is 0 Å². The average Bonchev–Trinajstić information content (AvgIpc) is 2.31. The van der Waals surface area contributed by atoms with Crippen LogP contribution in [0.15, 0.2) is 0 Å². The van der Waals surface area contributed by atoms with Crippen LogP contribution in [-0.4, -0.2) is 62.0 Å². The van der Waals surface area contributed by atoms with Crippen LogP contribution >= 0.6 is 0 Å². The van der Waals surface area contributed by atoms with Crippen LogP contribution in [-0.2, 0) is 4.79 Å². The van der Waals surface area contributed by atoms with E-state index in [1.165, 1.54) is 0 Å². The molecule has 0 aromatic heterocycles. The zero-order valence-electron chi connectivity index (χ0n) is 11.1. The molecule has 1 amide bonds. The summed E-state index contributed by atoms with van der Waals surface area (Å²) in [7, 11) is 3.61. The van der Waals surface area contributed by atoms with Crippen LogP contribution in [0.1, 0.15) is 19.8 Å². The van der Waals surface area contributed by atoms with Gasteiger partial charge < -0.3 is 10.2 Å². The molecular formula is C13H23N3O. The highest BCUT2D eigenvalue weighted by atomic mass is 16.2. The van der Waals surface area contributed by atoms with E-state index in [-0.39, 0.29) is 5.91 Å². The highest BCUT2D eigenvalue weighted by molar-refractivity contribution is 5.77. The molecule has 0 aliphatic carbocycles. The highest BCUT2D eigenvalue weighted by Crippen LogP contribution is 2.09. The molecule has 1 N–H and O–H groups in total. The summed E-state index contributed by atoms with van der Waals surface area (Å²) in [5, 5.41) is 3.42. The number of likely N-dealkylation sites (tertiary alicyclic amines) is 1. The van der Waals surface area contributed by atoms with Crippen molar-refractivity contribution in [1.29, 1.82) is 0 Å². The molecule has 1 fully saturated rings. The van der Waals surface area contributed by atoms with Gasteiger partial charge in [0.15, 0.2) is 0 Å². The van der Waals surface area contributed by atoms with Crippen molar-refractivity contribution in [3.63, 3.8) is 0 Å². The molecule has 17 heavy (non-hydrogen) atoms. The first-order chi connectivity index (χ1) is 8.13. The van der Waals surface area contributed by atoms with Crippen molar-refractivity contribution < 1.29 is 4.79 Å². The molecule has 0 saturated carbocycles. The molecule has 1 aliphatic heterocycles. The fourth-order valence-corrected chi connectivity index (χ4v) is 1.91. The van der Waals surface area contributed by atoms with E-state index in [2.05, 4.69) is 22.1 Å². The number of rotatable bonds is 4. The molecule has 0 bridgehead atoms. The minimum Gasteiger partial charge on any atom is -0.348 e. The van der Waals surface area contributed by atoms with E-state index in [0.29, 0.717) is 12.6 Å². The molecule has 0 aromatic carbocycles. The first kappa shape index (κ1) is 14.0. The van der Waals surface area contributed by atoms with E-state index >= 15 is 0 Å². The number of nitrogens with one attached hydrogen (secondary N) is 1. The van der Waals surface area contributed by atoms with Crippen LogP contribution in [0.25, 0.3) is 0 Å². The number of piperidine rings is 1. The molecule has 0 radical (unpaired) electrons. The van der Waals surface area contributed by atoms with Crippen LogP contribution in [0.5, 0.6) is 0 Å². The largest absolute Gasteiger partial charge is 0.348 e. The quantitative estimate of drug-likeness (QED) is 0.707. The molecule has 0 aromatic rings. The number of carbonyl (C=O) groups excluding carboxylic acids is 1. The first-order valence-electron chi connectivity index (χ1n) is 6.19. The van der Waals surface area contributed by atoms with Gasteiger partial charge in [-0.05, 0) is 19.8 Å². The lowest BCUT2D eigenvalue weighted by Gasteiger charge is -2.32. The third kappa shape index (κ3) is 5.20. The summed E-state index contributed by atoms with van der Waals surface area (Å²) in [6, 6.07) is 0.557. The number of carbonyl (C=O) groups is 1. The number of amides is 1. The van der Waals surface area contributed by atoms with E-state index in [1.54, 1.807) is 19.0 Å². The van der Waals surface area contributed by atoms with E-state index < -0.39 is 0 Å². The predicted octanol–water partition coefficient (Wildman–Crippen LogP) is 0.152.